The van der Waals surface area contributed by atoms with Gasteiger partial charge in [-0.3, -0.25) is 0 Å². The predicted molar refractivity (Wildman–Crippen MR) is 80.6 cm³/mol. The van der Waals surface area contributed by atoms with Crippen LogP contribution in [-0.2, 0) is 0 Å². The molecular weight excluding hydrogens is 285 g/mol. The van der Waals surface area contributed by atoms with Crippen molar-refractivity contribution < 1.29 is 0 Å². The second kappa shape index (κ2) is 6.00. The van der Waals surface area contributed by atoms with E-state index in [-0.39, 0.29) is 5.54 Å². The summed E-state index contributed by atoms with van der Waals surface area (Å²) < 4.78 is 1.25. The van der Waals surface area contributed by atoms with Crippen LogP contribution in [-0.4, -0.2) is 40.4 Å². The van der Waals surface area contributed by atoms with Crippen molar-refractivity contribution in [1.29, 1.82) is 0 Å². The van der Waals surface area contributed by atoms with Gasteiger partial charge in [-0.05, 0) is 0 Å². The Hall–Kier alpha value is -0.647. The van der Waals surface area contributed by atoms with E-state index in [9.17, 15) is 0 Å². The van der Waals surface area contributed by atoms with Crippen LogP contribution in [0, 0.1) is 0 Å². The first kappa shape index (κ1) is 15.4. The molecule has 1 heterocycles. The molecular formula is C13H26GeN4. The third-order valence-electron chi connectivity index (χ3n) is 3.68. The van der Waals surface area contributed by atoms with Crippen LogP contribution in [0.5, 0.6) is 0 Å². The van der Waals surface area contributed by atoms with Crippen molar-refractivity contribution in [3.63, 3.8) is 0 Å². The molecule has 0 aliphatic carbocycles. The van der Waals surface area contributed by atoms with E-state index in [2.05, 4.69) is 61.9 Å². The Morgan fingerprint density at radius 1 is 1.11 bits per heavy atom. The summed E-state index contributed by atoms with van der Waals surface area (Å²) in [6.45, 7) is 13.2. The molecule has 0 fully saturated rings. The monoisotopic (exact) mass is 312 g/mol. The number of aliphatic imine (C=N–C) groups is 1. The van der Waals surface area contributed by atoms with Gasteiger partial charge in [0, 0.05) is 0 Å². The van der Waals surface area contributed by atoms with E-state index in [1.165, 1.54) is 20.3 Å². The first-order chi connectivity index (χ1) is 8.38. The normalized spacial score (nSPS) is 13.4. The van der Waals surface area contributed by atoms with Crippen molar-refractivity contribution in [1.82, 2.24) is 15.4 Å². The fourth-order valence-electron chi connectivity index (χ4n) is 2.23. The number of H-pyrrole nitrogens is 1. The third-order valence-corrected chi connectivity index (χ3v) is 15.1. The van der Waals surface area contributed by atoms with Gasteiger partial charge in [-0.15, -0.1) is 0 Å². The molecule has 0 spiro atoms. The number of hydrogen-bond acceptors (Lipinski definition) is 3. The van der Waals surface area contributed by atoms with Gasteiger partial charge in [0.05, 0.1) is 0 Å². The van der Waals surface area contributed by atoms with E-state index in [0.29, 0.717) is 0 Å². The van der Waals surface area contributed by atoms with Gasteiger partial charge in [-0.1, -0.05) is 0 Å². The van der Waals surface area contributed by atoms with Gasteiger partial charge in [-0.25, -0.2) is 0 Å². The van der Waals surface area contributed by atoms with Crippen LogP contribution >= 0.6 is 0 Å². The van der Waals surface area contributed by atoms with E-state index in [0.717, 1.165) is 5.69 Å². The second-order valence-electron chi connectivity index (χ2n) is 5.83. The van der Waals surface area contributed by atoms with Crippen molar-refractivity contribution in [3.8, 4) is 0 Å². The van der Waals surface area contributed by atoms with Crippen LogP contribution in [0.25, 0.3) is 0 Å². The Bertz CT molecular complexity index is 391. The fourth-order valence-corrected chi connectivity index (χ4v) is 9.48. The van der Waals surface area contributed by atoms with E-state index in [4.69, 9.17) is 0 Å². The number of nitrogens with zero attached hydrogens (tertiary/aromatic N) is 3. The molecule has 1 rings (SSSR count). The molecule has 0 bridgehead atoms. The van der Waals surface area contributed by atoms with Gasteiger partial charge >= 0.3 is 113 Å². The Morgan fingerprint density at radius 2 is 1.67 bits per heavy atom. The van der Waals surface area contributed by atoms with Crippen LogP contribution in [0.1, 0.15) is 47.2 Å². The van der Waals surface area contributed by atoms with Crippen LogP contribution in [0.4, 0.5) is 0 Å². The van der Waals surface area contributed by atoms with Crippen molar-refractivity contribution in [2.24, 2.45) is 4.99 Å². The first-order valence-electron chi connectivity index (χ1n) is 6.85. The summed E-state index contributed by atoms with van der Waals surface area (Å²) in [5.74, 6) is 0. The van der Waals surface area contributed by atoms with Crippen molar-refractivity contribution in [3.05, 3.63) is 5.69 Å². The second-order valence-corrected chi connectivity index (χ2v) is 16.6. The molecule has 1 aromatic rings. The van der Waals surface area contributed by atoms with Gasteiger partial charge in [0.1, 0.15) is 0 Å². The third kappa shape index (κ3) is 3.43. The Balaban J connectivity index is 3.12. The van der Waals surface area contributed by atoms with Gasteiger partial charge in [0.15, 0.2) is 0 Å². The van der Waals surface area contributed by atoms with Gasteiger partial charge in [0.2, 0.25) is 0 Å². The molecule has 0 aliphatic heterocycles. The maximum absolute atomic E-state index is 4.56. The predicted octanol–water partition coefficient (Wildman–Crippen LogP) is 2.74. The van der Waals surface area contributed by atoms with E-state index >= 15 is 0 Å². The van der Waals surface area contributed by atoms with Gasteiger partial charge in [-0.2, -0.15) is 0 Å². The molecule has 0 atom stereocenters. The summed E-state index contributed by atoms with van der Waals surface area (Å²) in [7, 11) is 0. The average molecular weight is 311 g/mol. The molecule has 1 aromatic heterocycles. The molecule has 18 heavy (non-hydrogen) atoms. The minimum atomic E-state index is -2.04. The molecule has 1 N–H and O–H groups in total. The summed E-state index contributed by atoms with van der Waals surface area (Å²) in [6.07, 6.45) is 1.90. The summed E-state index contributed by atoms with van der Waals surface area (Å²) >= 11 is -2.04. The number of hydrogen-bond donors (Lipinski definition) is 1. The molecule has 5 heteroatoms. The maximum atomic E-state index is 4.56. The van der Waals surface area contributed by atoms with E-state index < -0.39 is 13.3 Å². The molecule has 0 aromatic carbocycles. The zero-order chi connectivity index (χ0) is 13.8. The molecule has 0 saturated heterocycles. The van der Waals surface area contributed by atoms with Crippen LogP contribution in [0.3, 0.4) is 0 Å². The van der Waals surface area contributed by atoms with Crippen molar-refractivity contribution in [2.75, 3.05) is 0 Å². The molecule has 0 aliphatic rings. The Kier molecular flexibility index (Phi) is 5.13. The molecule has 0 amide bonds. The molecule has 0 unspecified atom stereocenters. The SMILES string of the molecule is C[CH2][Ge]([CH2]C)([CH2]C)[c]1n[nH]nc1C=NC(C)(C)C. The molecule has 0 saturated carbocycles. The molecule has 4 nitrogen and oxygen atoms in total. The number of rotatable bonds is 5. The quantitative estimate of drug-likeness (QED) is 0.671. The van der Waals surface area contributed by atoms with Gasteiger partial charge < -0.3 is 0 Å². The zero-order valence-corrected chi connectivity index (χ0v) is 14.6. The van der Waals surface area contributed by atoms with Gasteiger partial charge in [0.25, 0.3) is 0 Å². The standard InChI is InChI=1S/C13H26GeN4/c1-7-14(8-2,9-3)12-11(16-18-17-12)10-15-13(4,5)6/h10H,7-9H2,1-6H3,(H,16,17,18). The number of aromatic nitrogens is 3. The average Bonchev–Trinajstić information content (AvgIpc) is 2.78. The van der Waals surface area contributed by atoms with E-state index in [1.807, 2.05) is 6.21 Å². The fraction of sp³-hybridized carbons (Fsp3) is 0.769. The number of aromatic amines is 1. The Morgan fingerprint density at radius 3 is 2.11 bits per heavy atom. The minimum absolute atomic E-state index is 0.0590. The topological polar surface area (TPSA) is 53.9 Å². The summed E-state index contributed by atoms with van der Waals surface area (Å²) in [5.41, 5.74) is 0.909. The first-order valence-corrected chi connectivity index (χ1v) is 12.3. The van der Waals surface area contributed by atoms with Crippen molar-refractivity contribution in [2.45, 2.75) is 62.8 Å². The van der Waals surface area contributed by atoms with Crippen molar-refractivity contribution >= 4 is 24.0 Å². The van der Waals surface area contributed by atoms with Crippen LogP contribution in [0.15, 0.2) is 4.99 Å². The van der Waals surface area contributed by atoms with Crippen LogP contribution < -0.4 is 4.53 Å². The van der Waals surface area contributed by atoms with Crippen LogP contribution in [0.2, 0.25) is 15.8 Å². The van der Waals surface area contributed by atoms with E-state index in [1.54, 1.807) is 0 Å². The molecule has 0 radical (unpaired) electrons. The number of nitrogens with one attached hydrogen (secondary N) is 1. The Labute approximate surface area is 113 Å². The molecule has 102 valence electrons. The summed E-state index contributed by atoms with van der Waals surface area (Å²) in [5, 5.41) is 15.3. The summed E-state index contributed by atoms with van der Waals surface area (Å²) in [4.78, 5) is 4.56. The zero-order valence-electron chi connectivity index (χ0n) is 12.5. The summed E-state index contributed by atoms with van der Waals surface area (Å²) in [6, 6.07) is 0.